The zero-order valence-electron chi connectivity index (χ0n) is 14.2. The molecule has 0 aliphatic carbocycles. The minimum Gasteiger partial charge on any atom is -0.469 e. The lowest BCUT2D eigenvalue weighted by atomic mass is 10.2. The largest absolute Gasteiger partial charge is 0.469 e. The summed E-state index contributed by atoms with van der Waals surface area (Å²) in [5.41, 5.74) is 1.96. The van der Waals surface area contributed by atoms with Crippen LogP contribution in [0.4, 0.5) is 10.5 Å². The normalized spacial score (nSPS) is 14.5. The number of carbonyl (C=O) groups excluding carboxylic acids is 1. The van der Waals surface area contributed by atoms with Gasteiger partial charge in [0.25, 0.3) is 0 Å². The van der Waals surface area contributed by atoms with E-state index in [1.807, 2.05) is 36.4 Å². The summed E-state index contributed by atoms with van der Waals surface area (Å²) in [7, 11) is 1.74. The summed E-state index contributed by atoms with van der Waals surface area (Å²) < 4.78 is 10.3. The van der Waals surface area contributed by atoms with Gasteiger partial charge in [-0.3, -0.25) is 9.89 Å². The first-order chi connectivity index (χ1) is 12.3. The van der Waals surface area contributed by atoms with Crippen LogP contribution in [0.25, 0.3) is 0 Å². The van der Waals surface area contributed by atoms with E-state index in [0.717, 1.165) is 35.9 Å². The number of ether oxygens (including phenoxy) is 1. The maximum Gasteiger partial charge on any atom is 0.414 e. The number of rotatable bonds is 6. The van der Waals surface area contributed by atoms with Crippen molar-refractivity contribution >= 4 is 17.7 Å². The van der Waals surface area contributed by atoms with Gasteiger partial charge >= 0.3 is 6.09 Å². The Morgan fingerprint density at radius 2 is 2.08 bits per heavy atom. The van der Waals surface area contributed by atoms with Crippen LogP contribution < -0.4 is 15.5 Å². The molecular formula is C18H22N4O3. The fourth-order valence-corrected chi connectivity index (χ4v) is 2.59. The van der Waals surface area contributed by atoms with Crippen molar-refractivity contribution < 1.29 is 13.9 Å². The van der Waals surface area contributed by atoms with E-state index in [0.29, 0.717) is 19.7 Å². The molecule has 1 fully saturated rings. The number of nitrogens with one attached hydrogen (secondary N) is 2. The van der Waals surface area contributed by atoms with Crippen molar-refractivity contribution in [2.75, 3.05) is 31.6 Å². The van der Waals surface area contributed by atoms with Gasteiger partial charge in [0.15, 0.2) is 5.96 Å². The fourth-order valence-electron chi connectivity index (χ4n) is 2.59. The topological polar surface area (TPSA) is 79.1 Å². The van der Waals surface area contributed by atoms with Crippen molar-refractivity contribution in [2.24, 2.45) is 4.99 Å². The number of cyclic esters (lactones) is 1. The molecule has 0 saturated carbocycles. The van der Waals surface area contributed by atoms with Crippen LogP contribution >= 0.6 is 0 Å². The van der Waals surface area contributed by atoms with Gasteiger partial charge in [-0.1, -0.05) is 12.1 Å². The molecule has 0 atom stereocenters. The monoisotopic (exact) mass is 342 g/mol. The highest BCUT2D eigenvalue weighted by molar-refractivity contribution is 5.89. The predicted octanol–water partition coefficient (Wildman–Crippen LogP) is 2.14. The SMILES string of the molecule is CN=C(NCCc1ccco1)NCc1ccc(N2CCOC2=O)cc1. The standard InChI is InChI=1S/C18H22N4O3/c1-19-17(20-9-8-16-3-2-11-24-16)21-13-14-4-6-15(7-5-14)22-10-12-25-18(22)23/h2-7,11H,8-10,12-13H2,1H3,(H2,19,20,21). The summed E-state index contributed by atoms with van der Waals surface area (Å²) in [6.07, 6.45) is 2.19. The number of benzene rings is 1. The molecule has 1 saturated heterocycles. The molecule has 1 aromatic carbocycles. The van der Waals surface area contributed by atoms with Crippen molar-refractivity contribution in [3.05, 3.63) is 54.0 Å². The molecule has 25 heavy (non-hydrogen) atoms. The van der Waals surface area contributed by atoms with Gasteiger partial charge in [-0.05, 0) is 29.8 Å². The Kier molecular flexibility index (Phi) is 5.56. The maximum absolute atomic E-state index is 11.6. The number of furan rings is 1. The molecule has 1 aromatic heterocycles. The minimum absolute atomic E-state index is 0.285. The number of aliphatic imine (C=N–C) groups is 1. The van der Waals surface area contributed by atoms with Crippen molar-refractivity contribution in [3.63, 3.8) is 0 Å². The summed E-state index contributed by atoms with van der Waals surface area (Å²) in [5.74, 6) is 1.68. The number of nitrogens with zero attached hydrogens (tertiary/aromatic N) is 2. The molecule has 0 spiro atoms. The fraction of sp³-hybridized carbons (Fsp3) is 0.333. The van der Waals surface area contributed by atoms with E-state index in [1.54, 1.807) is 18.2 Å². The van der Waals surface area contributed by atoms with E-state index in [-0.39, 0.29) is 6.09 Å². The molecule has 3 rings (SSSR count). The Balaban J connectivity index is 1.45. The Morgan fingerprint density at radius 1 is 1.24 bits per heavy atom. The number of carbonyl (C=O) groups is 1. The van der Waals surface area contributed by atoms with Gasteiger partial charge in [0.2, 0.25) is 0 Å². The van der Waals surface area contributed by atoms with Crippen molar-refractivity contribution in [1.29, 1.82) is 0 Å². The number of hydrogen-bond donors (Lipinski definition) is 2. The van der Waals surface area contributed by atoms with E-state index in [2.05, 4.69) is 15.6 Å². The number of hydrogen-bond acceptors (Lipinski definition) is 4. The highest BCUT2D eigenvalue weighted by Crippen LogP contribution is 2.19. The molecular weight excluding hydrogens is 320 g/mol. The number of amides is 1. The quantitative estimate of drug-likeness (QED) is 0.621. The van der Waals surface area contributed by atoms with E-state index < -0.39 is 0 Å². The molecule has 7 heteroatoms. The Hall–Kier alpha value is -2.96. The zero-order valence-corrected chi connectivity index (χ0v) is 14.2. The summed E-state index contributed by atoms with van der Waals surface area (Å²) in [6.45, 7) is 2.43. The highest BCUT2D eigenvalue weighted by atomic mass is 16.6. The number of anilines is 1. The van der Waals surface area contributed by atoms with Gasteiger partial charge in [0, 0.05) is 32.2 Å². The smallest absolute Gasteiger partial charge is 0.414 e. The molecule has 0 unspecified atom stereocenters. The van der Waals surface area contributed by atoms with Gasteiger partial charge < -0.3 is 19.8 Å². The van der Waals surface area contributed by atoms with Crippen LogP contribution in [0.3, 0.4) is 0 Å². The van der Waals surface area contributed by atoms with Crippen LogP contribution in [0, 0.1) is 0 Å². The molecule has 0 bridgehead atoms. The van der Waals surface area contributed by atoms with Crippen LogP contribution in [0.1, 0.15) is 11.3 Å². The third-order valence-corrected chi connectivity index (χ3v) is 3.94. The Bertz CT molecular complexity index is 710. The maximum atomic E-state index is 11.6. The molecule has 1 aliphatic heterocycles. The van der Waals surface area contributed by atoms with Crippen LogP contribution in [0.5, 0.6) is 0 Å². The van der Waals surface area contributed by atoms with Gasteiger partial charge in [-0.25, -0.2) is 4.79 Å². The molecule has 2 N–H and O–H groups in total. The molecule has 132 valence electrons. The molecule has 1 amide bonds. The van der Waals surface area contributed by atoms with Crippen molar-refractivity contribution in [2.45, 2.75) is 13.0 Å². The zero-order chi connectivity index (χ0) is 17.5. The van der Waals surface area contributed by atoms with E-state index in [4.69, 9.17) is 9.15 Å². The second-order valence-corrected chi connectivity index (χ2v) is 5.61. The van der Waals surface area contributed by atoms with Gasteiger partial charge in [0.05, 0.1) is 12.8 Å². The number of guanidine groups is 1. The lowest BCUT2D eigenvalue weighted by Gasteiger charge is -2.14. The summed E-state index contributed by atoms with van der Waals surface area (Å²) >= 11 is 0. The first kappa shape index (κ1) is 16.9. The van der Waals surface area contributed by atoms with E-state index >= 15 is 0 Å². The van der Waals surface area contributed by atoms with Gasteiger partial charge in [-0.15, -0.1) is 0 Å². The van der Waals surface area contributed by atoms with Crippen LogP contribution in [0.15, 0.2) is 52.1 Å². The summed E-state index contributed by atoms with van der Waals surface area (Å²) in [5, 5.41) is 6.52. The second kappa shape index (κ2) is 8.23. The second-order valence-electron chi connectivity index (χ2n) is 5.61. The molecule has 1 aliphatic rings. The van der Waals surface area contributed by atoms with E-state index in [9.17, 15) is 4.79 Å². The van der Waals surface area contributed by atoms with E-state index in [1.165, 1.54) is 0 Å². The average Bonchev–Trinajstić information content (AvgIpc) is 3.30. The highest BCUT2D eigenvalue weighted by Gasteiger charge is 2.23. The van der Waals surface area contributed by atoms with Crippen molar-refractivity contribution in [1.82, 2.24) is 10.6 Å². The van der Waals surface area contributed by atoms with Gasteiger partial charge in [-0.2, -0.15) is 0 Å². The van der Waals surface area contributed by atoms with Crippen molar-refractivity contribution in [3.8, 4) is 0 Å². The predicted molar refractivity (Wildman–Crippen MR) is 95.7 cm³/mol. The molecule has 0 radical (unpaired) electrons. The molecule has 7 nitrogen and oxygen atoms in total. The lowest BCUT2D eigenvalue weighted by Crippen LogP contribution is -2.37. The van der Waals surface area contributed by atoms with Gasteiger partial charge in [0.1, 0.15) is 12.4 Å². The third kappa shape index (κ3) is 4.53. The first-order valence-electron chi connectivity index (χ1n) is 8.26. The average molecular weight is 342 g/mol. The van der Waals surface area contributed by atoms with Crippen LogP contribution in [-0.4, -0.2) is 38.8 Å². The molecule has 2 heterocycles. The summed E-state index contributed by atoms with van der Waals surface area (Å²) in [4.78, 5) is 17.4. The summed E-state index contributed by atoms with van der Waals surface area (Å²) in [6, 6.07) is 11.7. The molecule has 2 aromatic rings. The minimum atomic E-state index is -0.285. The van der Waals surface area contributed by atoms with Crippen LogP contribution in [0.2, 0.25) is 0 Å². The third-order valence-electron chi connectivity index (χ3n) is 3.94. The Morgan fingerprint density at radius 3 is 2.72 bits per heavy atom. The lowest BCUT2D eigenvalue weighted by molar-refractivity contribution is 0.181. The van der Waals surface area contributed by atoms with Crippen LogP contribution in [-0.2, 0) is 17.7 Å². The Labute approximate surface area is 146 Å². The first-order valence-corrected chi connectivity index (χ1v) is 8.26.